The van der Waals surface area contributed by atoms with Gasteiger partial charge in [-0.15, -0.1) is 0 Å². The number of alkyl halides is 2. The molecule has 2 fully saturated rings. The number of aromatic amines is 1. The number of rotatable bonds is 4. The van der Waals surface area contributed by atoms with E-state index in [1.165, 1.54) is 12.1 Å². The second-order valence-corrected chi connectivity index (χ2v) is 9.44. The summed E-state index contributed by atoms with van der Waals surface area (Å²) >= 11 is 0. The van der Waals surface area contributed by atoms with Gasteiger partial charge in [0.1, 0.15) is 11.6 Å². The smallest absolute Gasteiger partial charge is 0.402 e. The van der Waals surface area contributed by atoms with E-state index in [0.29, 0.717) is 29.5 Å². The van der Waals surface area contributed by atoms with Gasteiger partial charge in [-0.1, -0.05) is 19.1 Å². The Balaban J connectivity index is 1.28. The van der Waals surface area contributed by atoms with Gasteiger partial charge >= 0.3 is 6.11 Å². The molecule has 7 heteroatoms. The molecule has 6 rings (SSSR count). The van der Waals surface area contributed by atoms with E-state index in [1.54, 1.807) is 18.2 Å². The molecule has 2 aliphatic carbocycles. The van der Waals surface area contributed by atoms with E-state index in [0.717, 1.165) is 23.9 Å². The van der Waals surface area contributed by atoms with Crippen LogP contribution in [0.4, 0.5) is 18.9 Å². The summed E-state index contributed by atoms with van der Waals surface area (Å²) in [6.07, 6.45) is -0.339. The molecule has 0 radical (unpaired) electrons. The Bertz CT molecular complexity index is 1260. The summed E-state index contributed by atoms with van der Waals surface area (Å²) in [5.74, 6) is -0.677. The van der Waals surface area contributed by atoms with Gasteiger partial charge in [0.05, 0.1) is 17.5 Å². The number of halogens is 3. The van der Waals surface area contributed by atoms with Crippen LogP contribution in [0.3, 0.4) is 0 Å². The summed E-state index contributed by atoms with van der Waals surface area (Å²) in [5, 5.41) is 3.59. The van der Waals surface area contributed by atoms with Crippen molar-refractivity contribution >= 4 is 22.5 Å². The lowest BCUT2D eigenvalue weighted by Crippen LogP contribution is -2.28. The topological polar surface area (TPSA) is 54.1 Å². The number of ether oxygens (including phenoxy) is 1. The number of anilines is 1. The minimum absolute atomic E-state index is 0.130. The molecule has 31 heavy (non-hydrogen) atoms. The molecular formula is C24H21F3N2O2. The monoisotopic (exact) mass is 426 g/mol. The van der Waals surface area contributed by atoms with Crippen molar-refractivity contribution in [3.05, 3.63) is 59.0 Å². The molecule has 1 aromatic heterocycles. The lowest BCUT2D eigenvalue weighted by Gasteiger charge is -2.17. The SMILES string of the molecule is CC1(c2cc3cc(NC(=O)C4(c5ccc6c(c5)CC(F)(F)O6)CC4)c(F)cc3[nH]2)CC1. The first-order valence-electron chi connectivity index (χ1n) is 10.5. The Morgan fingerprint density at radius 3 is 2.58 bits per heavy atom. The summed E-state index contributed by atoms with van der Waals surface area (Å²) in [5.41, 5.74) is 2.29. The molecule has 0 unspecified atom stereocenters. The fraction of sp³-hybridized carbons (Fsp3) is 0.375. The number of carbonyl (C=O) groups excluding carboxylic acids is 1. The average molecular weight is 426 g/mol. The normalized spacial score (nSPS) is 21.4. The fourth-order valence-electron chi connectivity index (χ4n) is 4.58. The molecule has 0 atom stereocenters. The molecule has 3 aromatic rings. The third-order valence-corrected chi connectivity index (χ3v) is 7.06. The summed E-state index contributed by atoms with van der Waals surface area (Å²) < 4.78 is 46.4. The summed E-state index contributed by atoms with van der Waals surface area (Å²) in [4.78, 5) is 16.4. The van der Waals surface area contributed by atoms with Crippen LogP contribution in [0.25, 0.3) is 10.9 Å². The van der Waals surface area contributed by atoms with Gasteiger partial charge in [-0.25, -0.2) is 4.39 Å². The van der Waals surface area contributed by atoms with Crippen LogP contribution in [0.15, 0.2) is 36.4 Å². The maximum atomic E-state index is 14.7. The van der Waals surface area contributed by atoms with Crippen molar-refractivity contribution in [1.29, 1.82) is 0 Å². The lowest BCUT2D eigenvalue weighted by molar-refractivity contribution is -0.159. The van der Waals surface area contributed by atoms with E-state index in [4.69, 9.17) is 0 Å². The summed E-state index contributed by atoms with van der Waals surface area (Å²) in [7, 11) is 0. The van der Waals surface area contributed by atoms with Gasteiger partial charge in [0.25, 0.3) is 0 Å². The first-order chi connectivity index (χ1) is 14.7. The van der Waals surface area contributed by atoms with Crippen molar-refractivity contribution in [2.24, 2.45) is 0 Å². The molecule has 2 N–H and O–H groups in total. The molecule has 0 saturated heterocycles. The van der Waals surface area contributed by atoms with E-state index >= 15 is 0 Å². The van der Waals surface area contributed by atoms with Gasteiger partial charge in [-0.2, -0.15) is 8.78 Å². The number of aromatic nitrogens is 1. The molecule has 0 spiro atoms. The van der Waals surface area contributed by atoms with Crippen LogP contribution in [0.1, 0.15) is 49.4 Å². The maximum Gasteiger partial charge on any atom is 0.402 e. The second kappa shape index (κ2) is 5.84. The van der Waals surface area contributed by atoms with Crippen LogP contribution in [-0.4, -0.2) is 17.0 Å². The van der Waals surface area contributed by atoms with Gasteiger partial charge in [-0.05, 0) is 49.4 Å². The van der Waals surface area contributed by atoms with Crippen molar-refractivity contribution < 1.29 is 22.7 Å². The highest BCUT2D eigenvalue weighted by molar-refractivity contribution is 6.02. The highest BCUT2D eigenvalue weighted by Crippen LogP contribution is 2.51. The second-order valence-electron chi connectivity index (χ2n) is 9.44. The van der Waals surface area contributed by atoms with Crippen molar-refractivity contribution in [1.82, 2.24) is 4.98 Å². The van der Waals surface area contributed by atoms with Crippen LogP contribution in [0, 0.1) is 5.82 Å². The maximum absolute atomic E-state index is 14.7. The standard InChI is InChI=1S/C24H21F3N2O2/c1-22(4-5-22)20-10-13-9-18(16(25)11-17(13)28-20)29-21(30)23(6-7-23)15-2-3-19-14(8-15)12-24(26,27)31-19/h2-3,8-11,28H,4-7,12H2,1H3,(H,29,30). The molecule has 2 heterocycles. The zero-order chi connectivity index (χ0) is 21.6. The number of benzene rings is 2. The minimum atomic E-state index is -3.22. The number of H-pyrrole nitrogens is 1. The van der Waals surface area contributed by atoms with Crippen LogP contribution < -0.4 is 10.1 Å². The highest BCUT2D eigenvalue weighted by Gasteiger charge is 2.52. The summed E-state index contributed by atoms with van der Waals surface area (Å²) in [6.45, 7) is 2.17. The zero-order valence-corrected chi connectivity index (χ0v) is 17.0. The van der Waals surface area contributed by atoms with Gasteiger partial charge in [0, 0.05) is 33.6 Å². The number of fused-ring (bicyclic) bond motifs is 2. The van der Waals surface area contributed by atoms with E-state index in [1.807, 2.05) is 6.07 Å². The number of nitrogens with one attached hydrogen (secondary N) is 2. The molecular weight excluding hydrogens is 405 g/mol. The Labute approximate surface area is 176 Å². The Morgan fingerprint density at radius 1 is 1.10 bits per heavy atom. The van der Waals surface area contributed by atoms with Gasteiger partial charge < -0.3 is 15.0 Å². The number of carbonyl (C=O) groups is 1. The van der Waals surface area contributed by atoms with E-state index in [2.05, 4.69) is 22.0 Å². The van der Waals surface area contributed by atoms with E-state index in [-0.39, 0.29) is 22.8 Å². The van der Waals surface area contributed by atoms with Crippen LogP contribution in [0.2, 0.25) is 0 Å². The van der Waals surface area contributed by atoms with Crippen LogP contribution in [0.5, 0.6) is 5.75 Å². The van der Waals surface area contributed by atoms with Crippen molar-refractivity contribution in [3.8, 4) is 5.75 Å². The van der Waals surface area contributed by atoms with Crippen molar-refractivity contribution in [3.63, 3.8) is 0 Å². The van der Waals surface area contributed by atoms with Crippen LogP contribution in [-0.2, 0) is 22.0 Å². The Kier molecular flexibility index (Phi) is 3.54. The van der Waals surface area contributed by atoms with Gasteiger partial charge in [0.15, 0.2) is 0 Å². The molecule has 160 valence electrons. The quantitative estimate of drug-likeness (QED) is 0.574. The number of hydrogen-bond donors (Lipinski definition) is 2. The zero-order valence-electron chi connectivity index (χ0n) is 17.0. The van der Waals surface area contributed by atoms with Crippen molar-refractivity contribution in [2.45, 2.75) is 56.0 Å². The lowest BCUT2D eigenvalue weighted by atomic mass is 9.92. The molecule has 0 bridgehead atoms. The molecule has 4 nitrogen and oxygen atoms in total. The highest BCUT2D eigenvalue weighted by atomic mass is 19.3. The molecule has 2 saturated carbocycles. The Hall–Kier alpha value is -2.96. The third kappa shape index (κ3) is 2.93. The first-order valence-corrected chi connectivity index (χ1v) is 10.5. The Morgan fingerprint density at radius 2 is 1.87 bits per heavy atom. The molecule has 3 aliphatic rings. The predicted molar refractivity (Wildman–Crippen MR) is 110 cm³/mol. The fourth-order valence-corrected chi connectivity index (χ4v) is 4.58. The predicted octanol–water partition coefficient (Wildman–Crippen LogP) is 5.56. The first kappa shape index (κ1) is 18.8. The molecule has 2 aromatic carbocycles. The van der Waals surface area contributed by atoms with Gasteiger partial charge in [0.2, 0.25) is 5.91 Å². The number of hydrogen-bond acceptors (Lipinski definition) is 2. The van der Waals surface area contributed by atoms with Gasteiger partial charge in [-0.3, -0.25) is 4.79 Å². The van der Waals surface area contributed by atoms with Crippen LogP contribution >= 0.6 is 0 Å². The largest absolute Gasteiger partial charge is 0.432 e. The average Bonchev–Trinajstić information content (AvgIpc) is 3.59. The molecule has 1 aliphatic heterocycles. The third-order valence-electron chi connectivity index (χ3n) is 7.06. The number of amides is 1. The summed E-state index contributed by atoms with van der Waals surface area (Å²) in [6, 6.07) is 9.85. The van der Waals surface area contributed by atoms with E-state index in [9.17, 15) is 18.0 Å². The van der Waals surface area contributed by atoms with E-state index < -0.39 is 23.8 Å². The minimum Gasteiger partial charge on any atom is -0.432 e. The van der Waals surface area contributed by atoms with Crippen molar-refractivity contribution in [2.75, 3.05) is 5.32 Å². The molecule has 1 amide bonds.